The fourth-order valence-electron chi connectivity index (χ4n) is 1.28. The molecule has 2 aromatic rings. The van der Waals surface area contributed by atoms with Gasteiger partial charge in [0.25, 0.3) is 0 Å². The second-order valence-corrected chi connectivity index (χ2v) is 4.36. The third-order valence-corrected chi connectivity index (χ3v) is 2.84. The van der Waals surface area contributed by atoms with Crippen LogP contribution in [0.2, 0.25) is 5.02 Å². The van der Waals surface area contributed by atoms with Crippen LogP contribution in [0.1, 0.15) is 5.56 Å². The molecule has 0 unspecified atom stereocenters. The summed E-state index contributed by atoms with van der Waals surface area (Å²) >= 11 is 7.36. The maximum absolute atomic E-state index is 13.0. The molecule has 0 amide bonds. The number of rotatable bonds is 3. The molecule has 0 bridgehead atoms. The first-order valence-electron chi connectivity index (χ1n) is 4.45. The van der Waals surface area contributed by atoms with Gasteiger partial charge < -0.3 is 5.32 Å². The summed E-state index contributed by atoms with van der Waals surface area (Å²) in [5, 5.41) is 7.60. The van der Waals surface area contributed by atoms with E-state index in [4.69, 9.17) is 11.6 Å². The molecule has 1 aromatic heterocycles. The number of benzene rings is 1. The smallest absolute Gasteiger partial charge is 0.125 e. The minimum Gasteiger partial charge on any atom is -0.380 e. The van der Waals surface area contributed by atoms with E-state index >= 15 is 0 Å². The van der Waals surface area contributed by atoms with Gasteiger partial charge in [0.1, 0.15) is 5.82 Å². The lowest BCUT2D eigenvalue weighted by atomic mass is 10.2. The summed E-state index contributed by atoms with van der Waals surface area (Å²) in [5.41, 5.74) is 1.88. The first-order chi connectivity index (χ1) is 7.24. The minimum absolute atomic E-state index is 0.301. The second-order valence-electron chi connectivity index (χ2n) is 3.14. The van der Waals surface area contributed by atoms with Crippen molar-refractivity contribution in [2.24, 2.45) is 0 Å². The van der Waals surface area contributed by atoms with Crippen LogP contribution in [-0.2, 0) is 6.54 Å². The summed E-state index contributed by atoms with van der Waals surface area (Å²) in [4.78, 5) is 0. The van der Waals surface area contributed by atoms with E-state index in [2.05, 4.69) is 5.32 Å². The molecule has 1 nitrogen and oxygen atoms in total. The molecule has 4 heteroatoms. The van der Waals surface area contributed by atoms with Crippen molar-refractivity contribution >= 4 is 28.6 Å². The molecular weight excluding hydrogens is 233 g/mol. The van der Waals surface area contributed by atoms with Crippen molar-refractivity contribution < 1.29 is 4.39 Å². The summed E-state index contributed by atoms with van der Waals surface area (Å²) in [6.07, 6.45) is 0. The van der Waals surface area contributed by atoms with Gasteiger partial charge in [0.05, 0.1) is 0 Å². The fourth-order valence-corrected chi connectivity index (χ4v) is 2.14. The molecule has 15 heavy (non-hydrogen) atoms. The molecule has 0 saturated heterocycles. The predicted molar refractivity (Wildman–Crippen MR) is 63.1 cm³/mol. The zero-order valence-electron chi connectivity index (χ0n) is 7.84. The molecule has 0 aliphatic heterocycles. The highest BCUT2D eigenvalue weighted by Crippen LogP contribution is 2.17. The normalized spacial score (nSPS) is 10.3. The summed E-state index contributed by atoms with van der Waals surface area (Å²) in [5.74, 6) is -0.301. The molecule has 1 heterocycles. The molecule has 0 atom stereocenters. The molecule has 0 fully saturated rings. The van der Waals surface area contributed by atoms with E-state index in [1.807, 2.05) is 16.8 Å². The van der Waals surface area contributed by atoms with Gasteiger partial charge in [0.2, 0.25) is 0 Å². The maximum Gasteiger partial charge on any atom is 0.125 e. The lowest BCUT2D eigenvalue weighted by molar-refractivity contribution is 0.626. The topological polar surface area (TPSA) is 12.0 Å². The number of thiophene rings is 1. The highest BCUT2D eigenvalue weighted by atomic mass is 35.5. The summed E-state index contributed by atoms with van der Waals surface area (Å²) < 4.78 is 13.0. The first-order valence-corrected chi connectivity index (χ1v) is 5.77. The Morgan fingerprint density at radius 1 is 1.33 bits per heavy atom. The molecule has 0 aliphatic rings. The lowest BCUT2D eigenvalue weighted by Gasteiger charge is -2.04. The molecule has 0 saturated carbocycles. The van der Waals surface area contributed by atoms with Crippen LogP contribution in [0.25, 0.3) is 0 Å². The van der Waals surface area contributed by atoms with Crippen molar-refractivity contribution in [2.75, 3.05) is 5.32 Å². The first kappa shape index (κ1) is 10.5. The minimum atomic E-state index is -0.301. The molecular formula is C11H9ClFNS. The van der Waals surface area contributed by atoms with Crippen molar-refractivity contribution in [3.05, 3.63) is 51.4 Å². The third kappa shape index (κ3) is 2.94. The van der Waals surface area contributed by atoms with E-state index in [0.29, 0.717) is 11.6 Å². The van der Waals surface area contributed by atoms with Crippen molar-refractivity contribution in [1.29, 1.82) is 0 Å². The molecule has 78 valence electrons. The molecule has 0 radical (unpaired) electrons. The van der Waals surface area contributed by atoms with E-state index in [1.54, 1.807) is 17.4 Å². The summed E-state index contributed by atoms with van der Waals surface area (Å²) in [7, 11) is 0. The molecule has 1 aromatic carbocycles. The van der Waals surface area contributed by atoms with Gasteiger partial charge in [-0.25, -0.2) is 4.39 Å². The van der Waals surface area contributed by atoms with E-state index in [0.717, 1.165) is 11.3 Å². The maximum atomic E-state index is 13.0. The van der Waals surface area contributed by atoms with Crippen molar-refractivity contribution in [2.45, 2.75) is 6.54 Å². The number of hydrogen-bond donors (Lipinski definition) is 1. The van der Waals surface area contributed by atoms with Crippen LogP contribution in [0.4, 0.5) is 10.1 Å². The Labute approximate surface area is 96.5 Å². The van der Waals surface area contributed by atoms with Crippen molar-refractivity contribution in [1.82, 2.24) is 0 Å². The monoisotopic (exact) mass is 241 g/mol. The van der Waals surface area contributed by atoms with E-state index in [1.165, 1.54) is 12.1 Å². The summed E-state index contributed by atoms with van der Waals surface area (Å²) in [6.45, 7) is 0.578. The number of nitrogens with one attached hydrogen (secondary N) is 1. The van der Waals surface area contributed by atoms with Gasteiger partial charge >= 0.3 is 0 Å². The quantitative estimate of drug-likeness (QED) is 0.851. The van der Waals surface area contributed by atoms with Crippen molar-refractivity contribution in [3.8, 4) is 0 Å². The Bertz CT molecular complexity index is 422. The Morgan fingerprint density at radius 2 is 2.20 bits per heavy atom. The van der Waals surface area contributed by atoms with E-state index < -0.39 is 0 Å². The van der Waals surface area contributed by atoms with Crippen LogP contribution in [0, 0.1) is 5.82 Å². The van der Waals surface area contributed by atoms with Gasteiger partial charge in [-0.05, 0) is 35.2 Å². The molecule has 1 N–H and O–H groups in total. The van der Waals surface area contributed by atoms with Gasteiger partial charge in [0, 0.05) is 22.6 Å². The average Bonchev–Trinajstić information content (AvgIpc) is 2.65. The molecule has 0 aliphatic carbocycles. The van der Waals surface area contributed by atoms with Crippen LogP contribution < -0.4 is 5.32 Å². The Kier molecular flexibility index (Phi) is 3.23. The molecule has 0 spiro atoms. The Hall–Kier alpha value is -1.06. The standard InChI is InChI=1S/C11H9ClFNS/c12-9-3-8(4-10(13)5-9)6-14-11-1-2-15-7-11/h1-5,7,14H,6H2. The second kappa shape index (κ2) is 4.64. The van der Waals surface area contributed by atoms with Gasteiger partial charge in [-0.2, -0.15) is 11.3 Å². The zero-order valence-corrected chi connectivity index (χ0v) is 9.41. The van der Waals surface area contributed by atoms with Crippen molar-refractivity contribution in [3.63, 3.8) is 0 Å². The Morgan fingerprint density at radius 3 is 2.87 bits per heavy atom. The third-order valence-electron chi connectivity index (χ3n) is 1.94. The number of anilines is 1. The summed E-state index contributed by atoms with van der Waals surface area (Å²) in [6, 6.07) is 6.51. The van der Waals surface area contributed by atoms with Crippen LogP contribution in [0.5, 0.6) is 0 Å². The van der Waals surface area contributed by atoms with Crippen LogP contribution in [0.3, 0.4) is 0 Å². The zero-order chi connectivity index (χ0) is 10.7. The average molecular weight is 242 g/mol. The predicted octanol–water partition coefficient (Wildman–Crippen LogP) is 4.15. The largest absolute Gasteiger partial charge is 0.380 e. The lowest BCUT2D eigenvalue weighted by Crippen LogP contribution is -1.98. The number of hydrogen-bond acceptors (Lipinski definition) is 2. The molecule has 2 rings (SSSR count). The van der Waals surface area contributed by atoms with Crippen LogP contribution in [-0.4, -0.2) is 0 Å². The number of halogens is 2. The highest BCUT2D eigenvalue weighted by molar-refractivity contribution is 7.08. The van der Waals surface area contributed by atoms with Crippen LogP contribution >= 0.6 is 22.9 Å². The van der Waals surface area contributed by atoms with Gasteiger partial charge in [-0.15, -0.1) is 0 Å². The van der Waals surface area contributed by atoms with E-state index in [-0.39, 0.29) is 5.82 Å². The SMILES string of the molecule is Fc1cc(Cl)cc(CNc2ccsc2)c1. The van der Waals surface area contributed by atoms with Gasteiger partial charge in [0.15, 0.2) is 0 Å². The fraction of sp³-hybridized carbons (Fsp3) is 0.0909. The van der Waals surface area contributed by atoms with Gasteiger partial charge in [-0.1, -0.05) is 11.6 Å². The Balaban J connectivity index is 2.05. The van der Waals surface area contributed by atoms with E-state index in [9.17, 15) is 4.39 Å². The van der Waals surface area contributed by atoms with Gasteiger partial charge in [-0.3, -0.25) is 0 Å². The van der Waals surface area contributed by atoms with Crippen LogP contribution in [0.15, 0.2) is 35.0 Å². The highest BCUT2D eigenvalue weighted by Gasteiger charge is 1.99.